The van der Waals surface area contributed by atoms with Crippen molar-refractivity contribution in [3.63, 3.8) is 0 Å². The quantitative estimate of drug-likeness (QED) is 0.811. The van der Waals surface area contributed by atoms with E-state index in [9.17, 15) is 14.4 Å². The number of hydrogen-bond donors (Lipinski definition) is 1. The molecule has 2 rings (SSSR count). The SMILES string of the molecule is COC(=O)Cc1csc(NC(=O)C2=NN(C)C(=O)CC2)n1. The molecular formula is C12H14N4O4S. The van der Waals surface area contributed by atoms with E-state index in [0.717, 1.165) is 5.01 Å². The molecule has 1 aliphatic rings. The van der Waals surface area contributed by atoms with Crippen LogP contribution in [-0.2, 0) is 25.5 Å². The van der Waals surface area contributed by atoms with Crippen LogP contribution in [0.2, 0.25) is 0 Å². The average Bonchev–Trinajstić information content (AvgIpc) is 2.88. The van der Waals surface area contributed by atoms with Gasteiger partial charge in [0.05, 0.1) is 19.2 Å². The van der Waals surface area contributed by atoms with E-state index in [-0.39, 0.29) is 24.5 Å². The predicted molar refractivity (Wildman–Crippen MR) is 75.9 cm³/mol. The zero-order valence-electron chi connectivity index (χ0n) is 11.6. The van der Waals surface area contributed by atoms with E-state index in [1.54, 1.807) is 5.38 Å². The van der Waals surface area contributed by atoms with Crippen molar-refractivity contribution in [1.29, 1.82) is 0 Å². The van der Waals surface area contributed by atoms with Crippen LogP contribution in [0.25, 0.3) is 0 Å². The molecule has 8 nitrogen and oxygen atoms in total. The number of thiazole rings is 1. The highest BCUT2D eigenvalue weighted by atomic mass is 32.1. The smallest absolute Gasteiger partial charge is 0.311 e. The first kappa shape index (κ1) is 15.1. The number of methoxy groups -OCH3 is 1. The minimum Gasteiger partial charge on any atom is -0.469 e. The van der Waals surface area contributed by atoms with Gasteiger partial charge < -0.3 is 4.74 Å². The molecule has 1 aromatic rings. The van der Waals surface area contributed by atoms with Gasteiger partial charge in [0.1, 0.15) is 5.71 Å². The standard InChI is InChI=1S/C12H14N4O4S/c1-16-9(17)4-3-8(15-16)11(19)14-12-13-7(6-21-12)5-10(18)20-2/h6H,3-5H2,1-2H3,(H,13,14,19). The number of carbonyl (C=O) groups is 3. The van der Waals surface area contributed by atoms with Gasteiger partial charge in [0, 0.05) is 25.3 Å². The summed E-state index contributed by atoms with van der Waals surface area (Å²) in [5.41, 5.74) is 0.807. The van der Waals surface area contributed by atoms with Gasteiger partial charge in [-0.3, -0.25) is 19.7 Å². The number of hydrazone groups is 1. The number of aromatic nitrogens is 1. The summed E-state index contributed by atoms with van der Waals surface area (Å²) in [6, 6.07) is 0. The second kappa shape index (κ2) is 6.44. The molecule has 0 spiro atoms. The Balaban J connectivity index is 1.99. The van der Waals surface area contributed by atoms with Crippen molar-refractivity contribution in [2.75, 3.05) is 19.5 Å². The Morgan fingerprint density at radius 2 is 2.24 bits per heavy atom. The molecule has 112 valence electrons. The Hall–Kier alpha value is -2.29. The van der Waals surface area contributed by atoms with E-state index in [0.29, 0.717) is 17.2 Å². The molecule has 0 fully saturated rings. The third-order valence-electron chi connectivity index (χ3n) is 2.79. The van der Waals surface area contributed by atoms with Crippen LogP contribution >= 0.6 is 11.3 Å². The fraction of sp³-hybridized carbons (Fsp3) is 0.417. The van der Waals surface area contributed by atoms with E-state index in [1.165, 1.54) is 25.5 Å². The molecule has 0 saturated carbocycles. The minimum atomic E-state index is -0.395. The molecule has 1 N–H and O–H groups in total. The number of esters is 1. The number of hydrogen-bond acceptors (Lipinski definition) is 7. The highest BCUT2D eigenvalue weighted by Gasteiger charge is 2.22. The fourth-order valence-electron chi connectivity index (χ4n) is 1.67. The van der Waals surface area contributed by atoms with Gasteiger partial charge >= 0.3 is 5.97 Å². The zero-order valence-corrected chi connectivity index (χ0v) is 12.4. The van der Waals surface area contributed by atoms with Crippen molar-refractivity contribution in [2.45, 2.75) is 19.3 Å². The monoisotopic (exact) mass is 310 g/mol. The van der Waals surface area contributed by atoms with Gasteiger partial charge in [-0.15, -0.1) is 11.3 Å². The topological polar surface area (TPSA) is 101 Å². The van der Waals surface area contributed by atoms with Gasteiger partial charge in [-0.05, 0) is 0 Å². The number of nitrogens with zero attached hydrogens (tertiary/aromatic N) is 3. The second-order valence-corrected chi connectivity index (χ2v) is 5.17. The van der Waals surface area contributed by atoms with Gasteiger partial charge in [0.25, 0.3) is 5.91 Å². The normalized spacial score (nSPS) is 14.7. The maximum atomic E-state index is 12.0. The number of amides is 2. The Labute approximate surface area is 124 Å². The summed E-state index contributed by atoms with van der Waals surface area (Å²) in [6.45, 7) is 0. The van der Waals surface area contributed by atoms with E-state index in [2.05, 4.69) is 20.1 Å². The van der Waals surface area contributed by atoms with E-state index < -0.39 is 11.9 Å². The maximum Gasteiger partial charge on any atom is 0.311 e. The minimum absolute atomic E-state index is 0.0566. The number of anilines is 1. The Bertz CT molecular complexity index is 610. The molecule has 2 amide bonds. The molecule has 1 aliphatic heterocycles. The van der Waals surface area contributed by atoms with Gasteiger partial charge in [0.2, 0.25) is 5.91 Å². The van der Waals surface area contributed by atoms with Crippen LogP contribution in [0.4, 0.5) is 5.13 Å². The third kappa shape index (κ3) is 3.85. The molecule has 21 heavy (non-hydrogen) atoms. The lowest BCUT2D eigenvalue weighted by Crippen LogP contribution is -2.34. The third-order valence-corrected chi connectivity index (χ3v) is 3.60. The molecule has 0 aliphatic carbocycles. The van der Waals surface area contributed by atoms with Crippen LogP contribution in [0, 0.1) is 0 Å². The van der Waals surface area contributed by atoms with Gasteiger partial charge in [0.15, 0.2) is 5.13 Å². The highest BCUT2D eigenvalue weighted by molar-refractivity contribution is 7.14. The Morgan fingerprint density at radius 3 is 2.90 bits per heavy atom. The van der Waals surface area contributed by atoms with Gasteiger partial charge in [-0.2, -0.15) is 5.10 Å². The van der Waals surface area contributed by atoms with Crippen LogP contribution in [0.3, 0.4) is 0 Å². The second-order valence-electron chi connectivity index (χ2n) is 4.32. The lowest BCUT2D eigenvalue weighted by atomic mass is 10.1. The van der Waals surface area contributed by atoms with E-state index in [1.807, 2.05) is 0 Å². The molecule has 0 aromatic carbocycles. The molecule has 0 saturated heterocycles. The Kier molecular flexibility index (Phi) is 4.63. The van der Waals surface area contributed by atoms with Crippen molar-refractivity contribution in [3.8, 4) is 0 Å². The van der Waals surface area contributed by atoms with Crippen molar-refractivity contribution in [1.82, 2.24) is 9.99 Å². The molecule has 0 radical (unpaired) electrons. The van der Waals surface area contributed by atoms with Gasteiger partial charge in [-0.25, -0.2) is 9.99 Å². The van der Waals surface area contributed by atoms with Crippen LogP contribution in [-0.4, -0.2) is 47.6 Å². The first-order valence-corrected chi connectivity index (χ1v) is 7.04. The summed E-state index contributed by atoms with van der Waals surface area (Å²) in [4.78, 5) is 38.5. The van der Waals surface area contributed by atoms with Crippen LogP contribution < -0.4 is 5.32 Å². The zero-order chi connectivity index (χ0) is 15.4. The lowest BCUT2D eigenvalue weighted by molar-refractivity contribution is -0.139. The first-order valence-electron chi connectivity index (χ1n) is 6.16. The molecule has 2 heterocycles. The number of rotatable bonds is 4. The molecule has 0 unspecified atom stereocenters. The van der Waals surface area contributed by atoms with E-state index >= 15 is 0 Å². The first-order chi connectivity index (χ1) is 9.99. The molecular weight excluding hydrogens is 296 g/mol. The molecule has 9 heteroatoms. The summed E-state index contributed by atoms with van der Waals surface area (Å²) >= 11 is 1.21. The van der Waals surface area contributed by atoms with Crippen molar-refractivity contribution in [3.05, 3.63) is 11.1 Å². The summed E-state index contributed by atoms with van der Waals surface area (Å²) < 4.78 is 4.54. The predicted octanol–water partition coefficient (Wildman–Crippen LogP) is 0.405. The van der Waals surface area contributed by atoms with Crippen molar-refractivity contribution in [2.24, 2.45) is 5.10 Å². The summed E-state index contributed by atoms with van der Waals surface area (Å²) in [7, 11) is 2.81. The van der Waals surface area contributed by atoms with Crippen LogP contribution in [0.1, 0.15) is 18.5 Å². The fourth-order valence-corrected chi connectivity index (χ4v) is 2.37. The highest BCUT2D eigenvalue weighted by Crippen LogP contribution is 2.17. The summed E-state index contributed by atoms with van der Waals surface area (Å²) in [5.74, 6) is -0.913. The Morgan fingerprint density at radius 1 is 1.48 bits per heavy atom. The number of nitrogens with one attached hydrogen (secondary N) is 1. The maximum absolute atomic E-state index is 12.0. The number of carbonyl (C=O) groups excluding carboxylic acids is 3. The van der Waals surface area contributed by atoms with E-state index in [4.69, 9.17) is 0 Å². The lowest BCUT2D eigenvalue weighted by Gasteiger charge is -2.18. The van der Waals surface area contributed by atoms with Gasteiger partial charge in [-0.1, -0.05) is 0 Å². The molecule has 0 bridgehead atoms. The average molecular weight is 310 g/mol. The molecule has 0 atom stereocenters. The summed E-state index contributed by atoms with van der Waals surface area (Å²) in [5, 5.41) is 9.73. The van der Waals surface area contributed by atoms with Crippen LogP contribution in [0.5, 0.6) is 0 Å². The van der Waals surface area contributed by atoms with Crippen molar-refractivity contribution < 1.29 is 19.1 Å². The number of ether oxygens (including phenoxy) is 1. The van der Waals surface area contributed by atoms with Crippen LogP contribution in [0.15, 0.2) is 10.5 Å². The van der Waals surface area contributed by atoms with Crippen molar-refractivity contribution >= 4 is 40.0 Å². The summed E-state index contributed by atoms with van der Waals surface area (Å²) in [6.07, 6.45) is 0.616. The molecule has 1 aromatic heterocycles. The largest absolute Gasteiger partial charge is 0.469 e.